The first kappa shape index (κ1) is 34.1. The molecule has 2 atom stereocenters. The summed E-state index contributed by atoms with van der Waals surface area (Å²) in [7, 11) is -4.95. The second-order valence-corrected chi connectivity index (χ2v) is 15.4. The molecule has 10 nitrogen and oxygen atoms in total. The molecule has 0 bridgehead atoms. The van der Waals surface area contributed by atoms with Crippen molar-refractivity contribution in [3.05, 3.63) is 71.8 Å². The summed E-state index contributed by atoms with van der Waals surface area (Å²) in [6.45, 7) is 3.65. The highest BCUT2D eigenvalue weighted by atomic mass is 33.1. The predicted molar refractivity (Wildman–Crippen MR) is 164 cm³/mol. The standard InChI is InChI=1S/C26H38N4O6S4/c1-3-39(33,34)29-23(25(31)27-17-15-21-11-7-5-8-12-21)19-37-38-20-24(30-40(35,36)4-2)26(32)28-18-16-22-13-9-6-10-14-22/h5-14,23-24,29-30H,3-4,15-20H2,1-2H3,(H,27,31)(H,28,32). The van der Waals surface area contributed by atoms with Crippen LogP contribution in [0.5, 0.6) is 0 Å². The molecule has 0 aliphatic heterocycles. The highest BCUT2D eigenvalue weighted by molar-refractivity contribution is 8.76. The fourth-order valence-corrected chi connectivity index (χ4v) is 7.47. The summed E-state index contributed by atoms with van der Waals surface area (Å²) in [5, 5.41) is 5.55. The lowest BCUT2D eigenvalue weighted by molar-refractivity contribution is -0.122. The fourth-order valence-electron chi connectivity index (χ4n) is 3.35. The predicted octanol–water partition coefficient (Wildman–Crippen LogP) is 1.70. The van der Waals surface area contributed by atoms with Gasteiger partial charge in [0.15, 0.2) is 0 Å². The monoisotopic (exact) mass is 630 g/mol. The quantitative estimate of drug-likeness (QED) is 0.135. The van der Waals surface area contributed by atoms with E-state index in [-0.39, 0.29) is 23.0 Å². The van der Waals surface area contributed by atoms with Crippen molar-refractivity contribution in [1.82, 2.24) is 20.1 Å². The zero-order chi connectivity index (χ0) is 29.4. The van der Waals surface area contributed by atoms with Gasteiger partial charge in [0, 0.05) is 24.6 Å². The molecule has 0 aliphatic rings. The molecule has 4 N–H and O–H groups in total. The molecule has 2 aromatic carbocycles. The number of nitrogens with one attached hydrogen (secondary N) is 4. The van der Waals surface area contributed by atoms with Crippen molar-refractivity contribution in [3.8, 4) is 0 Å². The van der Waals surface area contributed by atoms with Crippen LogP contribution in [0.3, 0.4) is 0 Å². The fraction of sp³-hybridized carbons (Fsp3) is 0.462. The highest BCUT2D eigenvalue weighted by Gasteiger charge is 2.26. The largest absolute Gasteiger partial charge is 0.354 e. The van der Waals surface area contributed by atoms with E-state index >= 15 is 0 Å². The van der Waals surface area contributed by atoms with Crippen molar-refractivity contribution in [3.63, 3.8) is 0 Å². The molecule has 14 heteroatoms. The van der Waals surface area contributed by atoms with Crippen molar-refractivity contribution >= 4 is 53.4 Å². The van der Waals surface area contributed by atoms with Gasteiger partial charge in [-0.2, -0.15) is 0 Å². The molecule has 2 amide bonds. The van der Waals surface area contributed by atoms with Crippen molar-refractivity contribution in [2.75, 3.05) is 36.1 Å². The summed E-state index contributed by atoms with van der Waals surface area (Å²) in [6, 6.07) is 17.1. The van der Waals surface area contributed by atoms with Crippen molar-refractivity contribution in [2.45, 2.75) is 38.8 Å². The van der Waals surface area contributed by atoms with E-state index in [1.165, 1.54) is 35.4 Å². The molecule has 0 heterocycles. The Morgan fingerprint density at radius 2 is 1.00 bits per heavy atom. The van der Waals surface area contributed by atoms with Gasteiger partial charge in [0.05, 0.1) is 11.5 Å². The Balaban J connectivity index is 1.93. The number of rotatable bonds is 19. The number of sulfonamides is 2. The summed E-state index contributed by atoms with van der Waals surface area (Å²) in [4.78, 5) is 25.6. The first-order valence-electron chi connectivity index (χ1n) is 12.9. The second-order valence-electron chi connectivity index (χ2n) is 8.77. The van der Waals surface area contributed by atoms with Gasteiger partial charge in [0.1, 0.15) is 12.1 Å². The van der Waals surface area contributed by atoms with Gasteiger partial charge in [-0.15, -0.1) is 0 Å². The topological polar surface area (TPSA) is 151 Å². The van der Waals surface area contributed by atoms with Crippen LogP contribution in [-0.4, -0.2) is 76.8 Å². The van der Waals surface area contributed by atoms with Crippen molar-refractivity contribution in [2.24, 2.45) is 0 Å². The van der Waals surface area contributed by atoms with E-state index in [9.17, 15) is 26.4 Å². The number of hydrogen-bond donors (Lipinski definition) is 4. The SMILES string of the molecule is CCS(=O)(=O)NC(CSSCC(NS(=O)(=O)CC)C(=O)NCCc1ccccc1)C(=O)NCCc1ccccc1. The van der Waals surface area contributed by atoms with Crippen LogP contribution in [0, 0.1) is 0 Å². The van der Waals surface area contributed by atoms with Crippen LogP contribution >= 0.6 is 21.6 Å². The van der Waals surface area contributed by atoms with Gasteiger partial charge in [-0.05, 0) is 37.8 Å². The Kier molecular flexibility index (Phi) is 15.1. The molecule has 2 rings (SSSR count). The van der Waals surface area contributed by atoms with E-state index in [4.69, 9.17) is 0 Å². The Bertz CT molecular complexity index is 1160. The maximum Gasteiger partial charge on any atom is 0.239 e. The van der Waals surface area contributed by atoms with Gasteiger partial charge >= 0.3 is 0 Å². The molecule has 0 saturated carbocycles. The summed E-state index contributed by atoms with van der Waals surface area (Å²) >= 11 is 0. The first-order valence-corrected chi connectivity index (χ1v) is 18.7. The minimum atomic E-state index is -3.66. The van der Waals surface area contributed by atoms with Gasteiger partial charge in [-0.1, -0.05) is 82.3 Å². The minimum absolute atomic E-state index is 0.0872. The van der Waals surface area contributed by atoms with Gasteiger partial charge in [0.25, 0.3) is 0 Å². The van der Waals surface area contributed by atoms with E-state index in [0.29, 0.717) is 25.9 Å². The van der Waals surface area contributed by atoms with Gasteiger partial charge in [-0.25, -0.2) is 26.3 Å². The van der Waals surface area contributed by atoms with Gasteiger partial charge < -0.3 is 10.6 Å². The van der Waals surface area contributed by atoms with Crippen LogP contribution in [-0.2, 0) is 42.5 Å². The normalized spacial score (nSPS) is 13.3. The van der Waals surface area contributed by atoms with Crippen LogP contribution in [0.15, 0.2) is 60.7 Å². The Morgan fingerprint density at radius 1 is 0.650 bits per heavy atom. The van der Waals surface area contributed by atoms with E-state index in [0.717, 1.165) is 11.1 Å². The first-order chi connectivity index (χ1) is 19.0. The maximum absolute atomic E-state index is 12.8. The summed E-state index contributed by atoms with van der Waals surface area (Å²) in [5.41, 5.74) is 2.09. The van der Waals surface area contributed by atoms with Crippen LogP contribution in [0.2, 0.25) is 0 Å². The molecular weight excluding hydrogens is 593 g/mol. The number of benzene rings is 2. The molecule has 0 saturated heterocycles. The molecule has 0 spiro atoms. The summed E-state index contributed by atoms with van der Waals surface area (Å²) < 4.78 is 53.6. The number of hydrogen-bond acceptors (Lipinski definition) is 8. The molecule has 222 valence electrons. The third-order valence-corrected chi connectivity index (χ3v) is 10.9. The summed E-state index contributed by atoms with van der Waals surface area (Å²) in [5.74, 6) is -1.09. The van der Waals surface area contributed by atoms with Crippen molar-refractivity contribution in [1.29, 1.82) is 0 Å². The van der Waals surface area contributed by atoms with Crippen LogP contribution < -0.4 is 20.1 Å². The number of carbonyl (C=O) groups is 2. The maximum atomic E-state index is 12.8. The highest BCUT2D eigenvalue weighted by Crippen LogP contribution is 2.23. The lowest BCUT2D eigenvalue weighted by Gasteiger charge is -2.20. The van der Waals surface area contributed by atoms with E-state index < -0.39 is 43.9 Å². The van der Waals surface area contributed by atoms with E-state index in [1.54, 1.807) is 0 Å². The molecule has 0 radical (unpaired) electrons. The third-order valence-electron chi connectivity index (χ3n) is 5.70. The molecule has 0 aliphatic carbocycles. The minimum Gasteiger partial charge on any atom is -0.354 e. The smallest absolute Gasteiger partial charge is 0.239 e. The summed E-state index contributed by atoms with van der Waals surface area (Å²) in [6.07, 6.45) is 1.20. The van der Waals surface area contributed by atoms with E-state index in [2.05, 4.69) is 20.1 Å². The average Bonchev–Trinajstić information content (AvgIpc) is 2.95. The Hall–Kier alpha value is -2.10. The van der Waals surface area contributed by atoms with Crippen LogP contribution in [0.25, 0.3) is 0 Å². The Morgan fingerprint density at radius 3 is 1.32 bits per heavy atom. The lowest BCUT2D eigenvalue weighted by atomic mass is 10.1. The molecule has 0 aromatic heterocycles. The lowest BCUT2D eigenvalue weighted by Crippen LogP contribution is -2.49. The molecular formula is C26H38N4O6S4. The molecule has 0 fully saturated rings. The molecule has 40 heavy (non-hydrogen) atoms. The van der Waals surface area contributed by atoms with Crippen LogP contribution in [0.1, 0.15) is 25.0 Å². The third kappa shape index (κ3) is 13.5. The van der Waals surface area contributed by atoms with Gasteiger partial charge in [0.2, 0.25) is 31.9 Å². The average molecular weight is 631 g/mol. The van der Waals surface area contributed by atoms with E-state index in [1.807, 2.05) is 60.7 Å². The van der Waals surface area contributed by atoms with Gasteiger partial charge in [-0.3, -0.25) is 9.59 Å². The zero-order valence-electron chi connectivity index (χ0n) is 22.7. The second kappa shape index (κ2) is 17.7. The number of carbonyl (C=O) groups excluding carboxylic acids is 2. The number of amides is 2. The molecule has 2 unspecified atom stereocenters. The zero-order valence-corrected chi connectivity index (χ0v) is 25.9. The Labute approximate surface area is 245 Å². The van der Waals surface area contributed by atoms with Crippen LogP contribution in [0.4, 0.5) is 0 Å². The molecule has 2 aromatic rings. The van der Waals surface area contributed by atoms with Crippen molar-refractivity contribution < 1.29 is 26.4 Å².